The van der Waals surface area contributed by atoms with Crippen molar-refractivity contribution < 1.29 is 9.53 Å². The molecule has 3 aromatic carbocycles. The molecular weight excluding hydrogens is 446 g/mol. The molecule has 34 heavy (non-hydrogen) atoms. The van der Waals surface area contributed by atoms with Crippen molar-refractivity contribution in [2.45, 2.75) is 37.6 Å². The number of fused-ring (bicyclic) bond motifs is 1. The maximum atomic E-state index is 12.9. The molecule has 1 aromatic heterocycles. The lowest BCUT2D eigenvalue weighted by Crippen LogP contribution is -2.35. The monoisotopic (exact) mass is 473 g/mol. The Morgan fingerprint density at radius 1 is 1.06 bits per heavy atom. The molecule has 2 N–H and O–H groups in total. The number of nitrogens with zero attached hydrogens (tertiary/aromatic N) is 2. The minimum absolute atomic E-state index is 0.0435. The Balaban J connectivity index is 1.67. The van der Waals surface area contributed by atoms with E-state index < -0.39 is 5.92 Å². The van der Waals surface area contributed by atoms with Crippen LogP contribution in [0.4, 0.5) is 0 Å². The maximum Gasteiger partial charge on any atom is 0.225 e. The van der Waals surface area contributed by atoms with Crippen LogP contribution >= 0.6 is 11.6 Å². The predicted molar refractivity (Wildman–Crippen MR) is 136 cm³/mol. The fourth-order valence-electron chi connectivity index (χ4n) is 5.49. The summed E-state index contributed by atoms with van der Waals surface area (Å²) < 4.78 is 7.77. The van der Waals surface area contributed by atoms with Gasteiger partial charge in [0.15, 0.2) is 0 Å². The number of rotatable bonds is 6. The molecule has 1 fully saturated rings. The molecule has 0 saturated heterocycles. The largest absolute Gasteiger partial charge is 0.497 e. The smallest absolute Gasteiger partial charge is 0.225 e. The van der Waals surface area contributed by atoms with Gasteiger partial charge >= 0.3 is 0 Å². The van der Waals surface area contributed by atoms with Gasteiger partial charge in [-0.3, -0.25) is 4.79 Å². The molecule has 4 aromatic rings. The van der Waals surface area contributed by atoms with E-state index in [1.165, 1.54) is 0 Å². The minimum atomic E-state index is -0.417. The molecule has 0 bridgehead atoms. The van der Waals surface area contributed by atoms with Gasteiger partial charge in [-0.1, -0.05) is 48.7 Å². The molecule has 3 atom stereocenters. The van der Waals surface area contributed by atoms with Crippen molar-refractivity contribution in [1.82, 2.24) is 9.55 Å². The number of imidazole rings is 1. The SMILES string of the molecule is COc1cccc(C(C(N)=O)C2CCCCC2n2c(-c3ccc(Cl)cc3)nc3ccccc32)c1. The third-order valence-corrected chi connectivity index (χ3v) is 7.25. The lowest BCUT2D eigenvalue weighted by molar-refractivity contribution is -0.121. The van der Waals surface area contributed by atoms with Crippen molar-refractivity contribution in [2.75, 3.05) is 7.11 Å². The van der Waals surface area contributed by atoms with Crippen LogP contribution in [0.2, 0.25) is 5.02 Å². The summed E-state index contributed by atoms with van der Waals surface area (Å²) in [5, 5.41) is 0.689. The predicted octanol–water partition coefficient (Wildman–Crippen LogP) is 6.37. The Morgan fingerprint density at radius 2 is 1.82 bits per heavy atom. The Hall–Kier alpha value is -3.31. The summed E-state index contributed by atoms with van der Waals surface area (Å²) in [7, 11) is 1.64. The van der Waals surface area contributed by atoms with Crippen molar-refractivity contribution in [3.8, 4) is 17.1 Å². The number of halogens is 1. The van der Waals surface area contributed by atoms with Crippen LogP contribution in [0, 0.1) is 5.92 Å². The second-order valence-electron chi connectivity index (χ2n) is 8.97. The fourth-order valence-corrected chi connectivity index (χ4v) is 5.62. The molecule has 1 aliphatic rings. The Kier molecular flexibility index (Phi) is 6.29. The van der Waals surface area contributed by atoms with E-state index >= 15 is 0 Å². The Bertz CT molecular complexity index is 1310. The van der Waals surface area contributed by atoms with Crippen molar-refractivity contribution >= 4 is 28.5 Å². The third-order valence-electron chi connectivity index (χ3n) is 7.00. The molecule has 0 spiro atoms. The van der Waals surface area contributed by atoms with Gasteiger partial charge in [0, 0.05) is 16.6 Å². The second-order valence-corrected chi connectivity index (χ2v) is 9.41. The Morgan fingerprint density at radius 3 is 2.59 bits per heavy atom. The molecule has 1 heterocycles. The lowest BCUT2D eigenvalue weighted by Gasteiger charge is -2.38. The number of para-hydroxylation sites is 2. The number of carbonyl (C=O) groups excluding carboxylic acids is 1. The quantitative estimate of drug-likeness (QED) is 0.354. The van der Waals surface area contributed by atoms with Crippen LogP contribution in [0.25, 0.3) is 22.4 Å². The molecule has 174 valence electrons. The van der Waals surface area contributed by atoms with Gasteiger partial charge in [-0.05, 0) is 72.9 Å². The molecular formula is C28H28ClN3O2. The van der Waals surface area contributed by atoms with Crippen molar-refractivity contribution in [3.63, 3.8) is 0 Å². The average molecular weight is 474 g/mol. The first-order valence-corrected chi connectivity index (χ1v) is 12.1. The van der Waals surface area contributed by atoms with E-state index in [0.29, 0.717) is 5.02 Å². The number of carbonyl (C=O) groups is 1. The first-order chi connectivity index (χ1) is 16.6. The van der Waals surface area contributed by atoms with Crippen molar-refractivity contribution in [1.29, 1.82) is 0 Å². The molecule has 5 rings (SSSR count). The molecule has 1 aliphatic carbocycles. The van der Waals surface area contributed by atoms with E-state index in [4.69, 9.17) is 27.1 Å². The number of ether oxygens (including phenoxy) is 1. The van der Waals surface area contributed by atoms with Crippen LogP contribution in [-0.2, 0) is 4.79 Å². The van der Waals surface area contributed by atoms with Gasteiger partial charge in [-0.2, -0.15) is 0 Å². The zero-order valence-corrected chi connectivity index (χ0v) is 19.9. The van der Waals surface area contributed by atoms with Crippen LogP contribution in [0.15, 0.2) is 72.8 Å². The third kappa shape index (κ3) is 4.16. The topological polar surface area (TPSA) is 70.1 Å². The standard InChI is InChI=1S/C28H28ClN3O2/c1-34-21-8-6-7-19(17-21)26(27(30)33)22-9-2-4-11-24(22)32-25-12-5-3-10-23(25)31-28(32)18-13-15-20(29)16-14-18/h3,5-8,10,12-17,22,24,26H,2,4,9,11H2,1H3,(H2,30,33). The number of nitrogens with two attached hydrogens (primary N) is 1. The molecule has 1 saturated carbocycles. The van der Waals surface area contributed by atoms with Crippen molar-refractivity contribution in [2.24, 2.45) is 11.7 Å². The Labute approximate surface area is 204 Å². The summed E-state index contributed by atoms with van der Waals surface area (Å²) in [6.45, 7) is 0. The van der Waals surface area contributed by atoms with Crippen LogP contribution in [0.5, 0.6) is 5.75 Å². The van der Waals surface area contributed by atoms with Gasteiger partial charge in [0.05, 0.1) is 24.1 Å². The number of primary amides is 1. The normalized spacial score (nSPS) is 19.1. The lowest BCUT2D eigenvalue weighted by atomic mass is 9.73. The van der Waals surface area contributed by atoms with Gasteiger partial charge in [-0.15, -0.1) is 0 Å². The number of amides is 1. The molecule has 5 nitrogen and oxygen atoms in total. The number of benzene rings is 3. The van der Waals surface area contributed by atoms with Gasteiger partial charge in [0.1, 0.15) is 11.6 Å². The highest BCUT2D eigenvalue weighted by atomic mass is 35.5. The number of methoxy groups -OCH3 is 1. The zero-order valence-electron chi connectivity index (χ0n) is 19.2. The van der Waals surface area contributed by atoms with Crippen LogP contribution in [0.1, 0.15) is 43.2 Å². The first kappa shape index (κ1) is 22.5. The van der Waals surface area contributed by atoms with Gasteiger partial charge in [-0.25, -0.2) is 4.98 Å². The zero-order chi connectivity index (χ0) is 23.7. The molecule has 3 unspecified atom stereocenters. The summed E-state index contributed by atoms with van der Waals surface area (Å²) in [5.74, 6) is 0.943. The van der Waals surface area contributed by atoms with Gasteiger partial charge in [0.2, 0.25) is 5.91 Å². The van der Waals surface area contributed by atoms with E-state index in [-0.39, 0.29) is 17.9 Å². The summed E-state index contributed by atoms with van der Waals surface area (Å²) >= 11 is 6.17. The highest BCUT2D eigenvalue weighted by molar-refractivity contribution is 6.30. The second kappa shape index (κ2) is 9.51. The highest BCUT2D eigenvalue weighted by Gasteiger charge is 2.38. The van der Waals surface area contributed by atoms with E-state index in [1.807, 2.05) is 66.7 Å². The number of hydrogen-bond donors (Lipinski definition) is 1. The summed E-state index contributed by atoms with van der Waals surface area (Å²) in [5.41, 5.74) is 9.98. The van der Waals surface area contributed by atoms with E-state index in [2.05, 4.69) is 10.6 Å². The number of aromatic nitrogens is 2. The average Bonchev–Trinajstić information content (AvgIpc) is 3.24. The first-order valence-electron chi connectivity index (χ1n) is 11.7. The van der Waals surface area contributed by atoms with E-state index in [0.717, 1.165) is 59.4 Å². The summed E-state index contributed by atoms with van der Waals surface area (Å²) in [6, 6.07) is 23.8. The van der Waals surface area contributed by atoms with Crippen LogP contribution in [-0.4, -0.2) is 22.6 Å². The van der Waals surface area contributed by atoms with Gasteiger partial charge < -0.3 is 15.0 Å². The fraction of sp³-hybridized carbons (Fsp3) is 0.286. The maximum absolute atomic E-state index is 12.9. The summed E-state index contributed by atoms with van der Waals surface area (Å²) in [6.07, 6.45) is 4.04. The van der Waals surface area contributed by atoms with Crippen LogP contribution in [0.3, 0.4) is 0 Å². The van der Waals surface area contributed by atoms with Gasteiger partial charge in [0.25, 0.3) is 0 Å². The van der Waals surface area contributed by atoms with Crippen molar-refractivity contribution in [3.05, 3.63) is 83.4 Å². The molecule has 1 amide bonds. The molecule has 0 aliphatic heterocycles. The summed E-state index contributed by atoms with van der Waals surface area (Å²) in [4.78, 5) is 17.9. The molecule has 6 heteroatoms. The molecule has 0 radical (unpaired) electrons. The minimum Gasteiger partial charge on any atom is -0.497 e. The van der Waals surface area contributed by atoms with Crippen LogP contribution < -0.4 is 10.5 Å². The van der Waals surface area contributed by atoms with E-state index in [9.17, 15) is 4.79 Å². The van der Waals surface area contributed by atoms with E-state index in [1.54, 1.807) is 7.11 Å². The number of hydrogen-bond acceptors (Lipinski definition) is 3. The highest BCUT2D eigenvalue weighted by Crippen LogP contribution is 2.46.